The molecule has 0 spiro atoms. The van der Waals surface area contributed by atoms with E-state index >= 15 is 0 Å². The molecule has 1 aliphatic rings. The SMILES string of the molecule is CC1(C)c2ccc(-c3cccc(-c4ccccc4)c3)cc2-c2ccc(-c3cccc(N(c4ccccc4)c4cccc(-c5ccccc5)c4)c3)cc2C1(C)C. The summed E-state index contributed by atoms with van der Waals surface area (Å²) < 4.78 is 0. The zero-order valence-electron chi connectivity index (χ0n) is 32.0. The lowest BCUT2D eigenvalue weighted by molar-refractivity contribution is 0.299. The van der Waals surface area contributed by atoms with Gasteiger partial charge in [0.05, 0.1) is 0 Å². The van der Waals surface area contributed by atoms with Crippen LogP contribution in [0.15, 0.2) is 200 Å². The van der Waals surface area contributed by atoms with Crippen LogP contribution in [0.4, 0.5) is 17.1 Å². The number of hydrogen-bond donors (Lipinski definition) is 0. The van der Waals surface area contributed by atoms with E-state index in [9.17, 15) is 0 Å². The van der Waals surface area contributed by atoms with Crippen LogP contribution in [-0.4, -0.2) is 0 Å². The molecule has 266 valence electrons. The molecule has 1 aliphatic carbocycles. The Morgan fingerprint density at radius 2 is 0.673 bits per heavy atom. The van der Waals surface area contributed by atoms with Gasteiger partial charge in [0, 0.05) is 17.1 Å². The minimum atomic E-state index is -0.106. The van der Waals surface area contributed by atoms with Gasteiger partial charge in [0.15, 0.2) is 0 Å². The predicted molar refractivity (Wildman–Crippen MR) is 234 cm³/mol. The summed E-state index contributed by atoms with van der Waals surface area (Å²) in [6.07, 6.45) is 0. The summed E-state index contributed by atoms with van der Waals surface area (Å²) in [6, 6.07) is 73.1. The first-order chi connectivity index (χ1) is 26.8. The molecule has 1 nitrogen and oxygen atoms in total. The number of para-hydroxylation sites is 1. The van der Waals surface area contributed by atoms with E-state index in [-0.39, 0.29) is 10.8 Å². The lowest BCUT2D eigenvalue weighted by Gasteiger charge is -2.48. The summed E-state index contributed by atoms with van der Waals surface area (Å²) in [5.41, 5.74) is 18.4. The fourth-order valence-corrected chi connectivity index (χ4v) is 8.45. The number of hydrogen-bond acceptors (Lipinski definition) is 1. The molecule has 0 heterocycles. The van der Waals surface area contributed by atoms with Crippen molar-refractivity contribution in [3.63, 3.8) is 0 Å². The van der Waals surface area contributed by atoms with Crippen LogP contribution in [0.5, 0.6) is 0 Å². The molecule has 0 bridgehead atoms. The van der Waals surface area contributed by atoms with Gasteiger partial charge in [-0.2, -0.15) is 0 Å². The summed E-state index contributed by atoms with van der Waals surface area (Å²) in [4.78, 5) is 2.37. The van der Waals surface area contributed by atoms with Crippen LogP contribution in [-0.2, 0) is 10.8 Å². The molecule has 8 aromatic carbocycles. The standard InChI is InChI=1S/C54H45N/c1-53(2)51-32-30-44(41-22-14-21-40(33-41)38-17-8-5-9-18-38)36-50(51)49-31-29-45(37-52(49)54(53,3)4)43-24-16-28-48(35-43)55(46-25-12-7-13-26-46)47-27-15-23-42(34-47)39-19-10-6-11-20-39/h5-37H,1-4H3. The summed E-state index contributed by atoms with van der Waals surface area (Å²) in [5, 5.41) is 0. The van der Waals surface area contributed by atoms with Crippen molar-refractivity contribution in [1.82, 2.24) is 0 Å². The fraction of sp³-hybridized carbons (Fsp3) is 0.111. The third kappa shape index (κ3) is 6.16. The fourth-order valence-electron chi connectivity index (χ4n) is 8.45. The van der Waals surface area contributed by atoms with E-state index in [1.807, 2.05) is 0 Å². The van der Waals surface area contributed by atoms with Gasteiger partial charge in [-0.25, -0.2) is 0 Å². The van der Waals surface area contributed by atoms with E-state index in [0.717, 1.165) is 17.1 Å². The van der Waals surface area contributed by atoms with Gasteiger partial charge in [0.1, 0.15) is 0 Å². The molecule has 0 amide bonds. The van der Waals surface area contributed by atoms with Gasteiger partial charge in [-0.05, 0) is 132 Å². The largest absolute Gasteiger partial charge is 0.310 e. The highest BCUT2D eigenvalue weighted by Gasteiger charge is 2.46. The molecule has 0 unspecified atom stereocenters. The van der Waals surface area contributed by atoms with Crippen molar-refractivity contribution in [3.8, 4) is 55.6 Å². The van der Waals surface area contributed by atoms with Crippen LogP contribution >= 0.6 is 0 Å². The summed E-state index contributed by atoms with van der Waals surface area (Å²) in [7, 11) is 0. The second-order valence-electron chi connectivity index (χ2n) is 15.9. The quantitative estimate of drug-likeness (QED) is 0.159. The van der Waals surface area contributed by atoms with Gasteiger partial charge in [-0.15, -0.1) is 0 Å². The maximum absolute atomic E-state index is 2.46. The third-order valence-corrected chi connectivity index (χ3v) is 12.2. The van der Waals surface area contributed by atoms with E-state index in [1.54, 1.807) is 0 Å². The molecule has 0 aliphatic heterocycles. The van der Waals surface area contributed by atoms with Crippen LogP contribution in [0.2, 0.25) is 0 Å². The zero-order valence-corrected chi connectivity index (χ0v) is 32.0. The molecule has 0 aromatic heterocycles. The van der Waals surface area contributed by atoms with Gasteiger partial charge in [0.25, 0.3) is 0 Å². The molecule has 1 heteroatoms. The number of fused-ring (bicyclic) bond motifs is 3. The lowest BCUT2D eigenvalue weighted by Crippen LogP contribution is -2.43. The predicted octanol–water partition coefficient (Wildman–Crippen LogP) is 15.1. The molecular weight excluding hydrogens is 663 g/mol. The topological polar surface area (TPSA) is 3.24 Å². The van der Waals surface area contributed by atoms with E-state index in [0.29, 0.717) is 0 Å². The van der Waals surface area contributed by atoms with Crippen molar-refractivity contribution in [3.05, 3.63) is 211 Å². The first-order valence-corrected chi connectivity index (χ1v) is 19.3. The maximum atomic E-state index is 2.46. The second-order valence-corrected chi connectivity index (χ2v) is 15.9. The van der Waals surface area contributed by atoms with E-state index < -0.39 is 0 Å². The maximum Gasteiger partial charge on any atom is 0.0467 e. The number of rotatable bonds is 7. The van der Waals surface area contributed by atoms with Gasteiger partial charge in [0.2, 0.25) is 0 Å². The molecule has 0 saturated heterocycles. The Hall–Kier alpha value is -6.44. The number of benzene rings is 8. The molecule has 0 fully saturated rings. The van der Waals surface area contributed by atoms with Crippen LogP contribution in [0.1, 0.15) is 38.8 Å². The van der Waals surface area contributed by atoms with Crippen LogP contribution in [0, 0.1) is 0 Å². The van der Waals surface area contributed by atoms with Gasteiger partial charge in [-0.3, -0.25) is 0 Å². The Kier molecular flexibility index (Phi) is 8.59. The van der Waals surface area contributed by atoms with E-state index in [2.05, 4.69) is 233 Å². The number of nitrogens with zero attached hydrogens (tertiary/aromatic N) is 1. The van der Waals surface area contributed by atoms with Gasteiger partial charge in [-0.1, -0.05) is 173 Å². The van der Waals surface area contributed by atoms with Crippen molar-refractivity contribution < 1.29 is 0 Å². The molecule has 0 atom stereocenters. The highest BCUT2D eigenvalue weighted by Crippen LogP contribution is 2.55. The highest BCUT2D eigenvalue weighted by molar-refractivity contribution is 5.86. The first-order valence-electron chi connectivity index (χ1n) is 19.3. The van der Waals surface area contributed by atoms with Crippen LogP contribution < -0.4 is 4.90 Å². The van der Waals surface area contributed by atoms with E-state index in [4.69, 9.17) is 0 Å². The van der Waals surface area contributed by atoms with Crippen LogP contribution in [0.3, 0.4) is 0 Å². The summed E-state index contributed by atoms with van der Waals surface area (Å²) in [5.74, 6) is 0. The molecular formula is C54H45N. The van der Waals surface area contributed by atoms with Crippen molar-refractivity contribution in [1.29, 1.82) is 0 Å². The highest BCUT2D eigenvalue weighted by atomic mass is 15.1. The first kappa shape index (κ1) is 34.3. The third-order valence-electron chi connectivity index (χ3n) is 12.2. The van der Waals surface area contributed by atoms with Crippen LogP contribution in [0.25, 0.3) is 55.6 Å². The number of anilines is 3. The molecule has 9 rings (SSSR count). The van der Waals surface area contributed by atoms with Crippen molar-refractivity contribution in [2.75, 3.05) is 4.90 Å². The molecule has 0 saturated carbocycles. The Morgan fingerprint density at radius 3 is 1.27 bits per heavy atom. The molecule has 0 radical (unpaired) electrons. The average Bonchev–Trinajstić information content (AvgIpc) is 3.24. The smallest absolute Gasteiger partial charge is 0.0467 e. The Balaban J connectivity index is 1.13. The van der Waals surface area contributed by atoms with Crippen molar-refractivity contribution in [2.45, 2.75) is 38.5 Å². The van der Waals surface area contributed by atoms with E-state index in [1.165, 1.54) is 66.8 Å². The summed E-state index contributed by atoms with van der Waals surface area (Å²) in [6.45, 7) is 9.67. The Labute approximate surface area is 326 Å². The monoisotopic (exact) mass is 707 g/mol. The second kappa shape index (κ2) is 13.8. The molecule has 55 heavy (non-hydrogen) atoms. The minimum absolute atomic E-state index is 0.0892. The molecule has 8 aromatic rings. The van der Waals surface area contributed by atoms with Crippen molar-refractivity contribution in [2.24, 2.45) is 0 Å². The van der Waals surface area contributed by atoms with Gasteiger partial charge >= 0.3 is 0 Å². The zero-order chi connectivity index (χ0) is 37.6. The minimum Gasteiger partial charge on any atom is -0.310 e. The Morgan fingerprint density at radius 1 is 0.273 bits per heavy atom. The van der Waals surface area contributed by atoms with Crippen molar-refractivity contribution >= 4 is 17.1 Å². The normalized spacial score (nSPS) is 13.7. The lowest BCUT2D eigenvalue weighted by atomic mass is 9.55. The Bertz CT molecular complexity index is 2630. The molecule has 0 N–H and O–H groups in total. The van der Waals surface area contributed by atoms with Gasteiger partial charge < -0.3 is 4.90 Å². The summed E-state index contributed by atoms with van der Waals surface area (Å²) >= 11 is 0. The average molecular weight is 708 g/mol.